The SMILES string of the molecule is Cc1ccnc2c1ccc1c(C)c(S(=O)(=O)O)c(S(=O)(=O)O)nc12.[Na]. The Bertz CT molecular complexity index is 1220. The molecule has 0 aliphatic carbocycles. The molecule has 3 rings (SSSR count). The molecule has 0 aliphatic heterocycles. The third-order valence-electron chi connectivity index (χ3n) is 3.76. The summed E-state index contributed by atoms with van der Waals surface area (Å²) in [6.45, 7) is 3.16. The van der Waals surface area contributed by atoms with Gasteiger partial charge >= 0.3 is 10.1 Å². The second-order valence-electron chi connectivity index (χ2n) is 5.31. The molecular weight excluding hydrogens is 379 g/mol. The molecule has 0 atom stereocenters. The molecule has 0 aliphatic rings. The van der Waals surface area contributed by atoms with Crippen molar-refractivity contribution >= 4 is 71.6 Å². The zero-order chi connectivity index (χ0) is 17.9. The zero-order valence-electron chi connectivity index (χ0n) is 13.5. The largest absolute Gasteiger partial charge is 0.313 e. The van der Waals surface area contributed by atoms with Crippen molar-refractivity contribution in [3.63, 3.8) is 0 Å². The van der Waals surface area contributed by atoms with E-state index in [1.54, 1.807) is 18.2 Å². The molecule has 11 heteroatoms. The summed E-state index contributed by atoms with van der Waals surface area (Å²) in [5.74, 6) is 0. The molecule has 2 heterocycles. The molecule has 1 aromatic carbocycles. The summed E-state index contributed by atoms with van der Waals surface area (Å²) in [6.07, 6.45) is 1.51. The first-order valence-electron chi connectivity index (χ1n) is 6.65. The Balaban J connectivity index is 0.00000225. The van der Waals surface area contributed by atoms with Crippen LogP contribution in [0.25, 0.3) is 21.8 Å². The van der Waals surface area contributed by atoms with Crippen LogP contribution in [-0.4, -0.2) is 65.5 Å². The number of fused-ring (bicyclic) bond motifs is 3. The Morgan fingerprint density at radius 2 is 1.48 bits per heavy atom. The third kappa shape index (κ3) is 3.43. The molecule has 8 nitrogen and oxygen atoms in total. The molecular formula is C14H12N2NaO6S2. The van der Waals surface area contributed by atoms with E-state index in [9.17, 15) is 25.9 Å². The molecule has 0 spiro atoms. The predicted molar refractivity (Wildman–Crippen MR) is 91.9 cm³/mol. The van der Waals surface area contributed by atoms with Gasteiger partial charge in [-0.1, -0.05) is 12.1 Å². The molecule has 0 unspecified atom stereocenters. The van der Waals surface area contributed by atoms with Gasteiger partial charge in [0.15, 0.2) is 0 Å². The van der Waals surface area contributed by atoms with E-state index in [0.717, 1.165) is 5.56 Å². The van der Waals surface area contributed by atoms with Crippen molar-refractivity contribution in [3.05, 3.63) is 35.5 Å². The van der Waals surface area contributed by atoms with Crippen molar-refractivity contribution in [1.29, 1.82) is 0 Å². The van der Waals surface area contributed by atoms with Crippen molar-refractivity contribution in [1.82, 2.24) is 9.97 Å². The third-order valence-corrected chi connectivity index (χ3v) is 5.69. The fourth-order valence-electron chi connectivity index (χ4n) is 2.67. The molecule has 0 saturated carbocycles. The van der Waals surface area contributed by atoms with Crippen molar-refractivity contribution in [2.75, 3.05) is 0 Å². The average Bonchev–Trinajstić information content (AvgIpc) is 2.45. The topological polar surface area (TPSA) is 135 Å². The second-order valence-corrected chi connectivity index (χ2v) is 8.00. The van der Waals surface area contributed by atoms with Crippen molar-refractivity contribution in [3.8, 4) is 0 Å². The minimum absolute atomic E-state index is 0. The first-order chi connectivity index (χ1) is 11.0. The van der Waals surface area contributed by atoms with Gasteiger partial charge in [0.1, 0.15) is 4.90 Å². The van der Waals surface area contributed by atoms with E-state index in [-0.39, 0.29) is 40.6 Å². The van der Waals surface area contributed by atoms with Crippen molar-refractivity contribution in [2.24, 2.45) is 0 Å². The second kappa shape index (κ2) is 6.54. The first-order valence-corrected chi connectivity index (χ1v) is 9.53. The van der Waals surface area contributed by atoms with Crippen LogP contribution >= 0.6 is 0 Å². The normalized spacial score (nSPS) is 12.3. The molecule has 2 aromatic heterocycles. The van der Waals surface area contributed by atoms with Gasteiger partial charge in [-0.15, -0.1) is 0 Å². The summed E-state index contributed by atoms with van der Waals surface area (Å²) in [6, 6.07) is 5.03. The number of rotatable bonds is 2. The number of aromatic nitrogens is 2. The number of hydrogen-bond donors (Lipinski definition) is 2. The Morgan fingerprint density at radius 1 is 0.880 bits per heavy atom. The van der Waals surface area contributed by atoms with Crippen LogP contribution in [-0.2, 0) is 20.2 Å². The fourth-order valence-corrected chi connectivity index (χ4v) is 4.66. The van der Waals surface area contributed by atoms with Gasteiger partial charge in [-0.3, -0.25) is 14.1 Å². The monoisotopic (exact) mass is 391 g/mol. The Morgan fingerprint density at radius 3 is 2.04 bits per heavy atom. The summed E-state index contributed by atoms with van der Waals surface area (Å²) in [4.78, 5) is 7.04. The van der Waals surface area contributed by atoms with Crippen LogP contribution in [0, 0.1) is 13.8 Å². The molecule has 25 heavy (non-hydrogen) atoms. The van der Waals surface area contributed by atoms with Gasteiger partial charge in [-0.25, -0.2) is 4.98 Å². The number of nitrogens with zero attached hydrogens (tertiary/aromatic N) is 2. The van der Waals surface area contributed by atoms with Crippen LogP contribution in [0.3, 0.4) is 0 Å². The van der Waals surface area contributed by atoms with Crippen LogP contribution < -0.4 is 0 Å². The molecule has 0 amide bonds. The van der Waals surface area contributed by atoms with Gasteiger partial charge in [0.05, 0.1) is 11.0 Å². The van der Waals surface area contributed by atoms with E-state index in [4.69, 9.17) is 0 Å². The average molecular weight is 391 g/mol. The van der Waals surface area contributed by atoms with Crippen molar-refractivity contribution in [2.45, 2.75) is 23.8 Å². The number of benzene rings is 1. The van der Waals surface area contributed by atoms with Gasteiger partial charge in [0.25, 0.3) is 10.1 Å². The number of hydrogen-bond acceptors (Lipinski definition) is 6. The van der Waals surface area contributed by atoms with Crippen LogP contribution in [0.1, 0.15) is 11.1 Å². The van der Waals surface area contributed by atoms with Gasteiger partial charge in [-0.05, 0) is 31.0 Å². The molecule has 3 aromatic rings. The molecule has 0 bridgehead atoms. The van der Waals surface area contributed by atoms with E-state index in [1.165, 1.54) is 13.1 Å². The van der Waals surface area contributed by atoms with Crippen LogP contribution in [0.2, 0.25) is 0 Å². The summed E-state index contributed by atoms with van der Waals surface area (Å²) in [5, 5.41) is -0.107. The zero-order valence-corrected chi connectivity index (χ0v) is 17.2. The molecule has 0 fully saturated rings. The molecule has 2 N–H and O–H groups in total. The summed E-state index contributed by atoms with van der Waals surface area (Å²) >= 11 is 0. The van der Waals surface area contributed by atoms with Gasteiger partial charge in [0, 0.05) is 46.5 Å². The van der Waals surface area contributed by atoms with E-state index in [0.29, 0.717) is 16.3 Å². The van der Waals surface area contributed by atoms with Crippen LogP contribution in [0.4, 0.5) is 0 Å². The fraction of sp³-hybridized carbons (Fsp3) is 0.143. The molecule has 0 saturated heterocycles. The summed E-state index contributed by atoms with van der Waals surface area (Å²) in [7, 11) is -9.91. The predicted octanol–water partition coefficient (Wildman–Crippen LogP) is 1.51. The maximum atomic E-state index is 11.6. The van der Waals surface area contributed by atoms with E-state index < -0.39 is 30.2 Å². The van der Waals surface area contributed by atoms with Gasteiger partial charge in [-0.2, -0.15) is 16.8 Å². The quantitative estimate of drug-likeness (QED) is 0.381. The number of aryl methyl sites for hydroxylation is 2. The van der Waals surface area contributed by atoms with Crippen LogP contribution in [0.15, 0.2) is 34.3 Å². The first kappa shape index (κ1) is 20.2. The summed E-state index contributed by atoms with van der Waals surface area (Å²) < 4.78 is 65.1. The minimum atomic E-state index is -4.99. The number of pyridine rings is 2. The standard InChI is InChI=1S/C14H12N2O6S2.Na/c1-7-5-6-15-11-9(7)3-4-10-8(2)13(23(17,18)19)14(16-12(10)11)24(20,21)22;/h3-6H,1-2H3,(H,17,18,19)(H,20,21,22);. The van der Waals surface area contributed by atoms with Gasteiger partial charge < -0.3 is 0 Å². The maximum absolute atomic E-state index is 11.6. The molecule has 127 valence electrons. The van der Waals surface area contributed by atoms with E-state index in [2.05, 4.69) is 9.97 Å². The molecule has 1 radical (unpaired) electrons. The smallest absolute Gasteiger partial charge is 0.282 e. The Labute approximate surface area is 166 Å². The maximum Gasteiger partial charge on any atom is 0.313 e. The van der Waals surface area contributed by atoms with E-state index in [1.807, 2.05) is 6.92 Å². The van der Waals surface area contributed by atoms with Crippen molar-refractivity contribution < 1.29 is 25.9 Å². The van der Waals surface area contributed by atoms with Gasteiger partial charge in [0.2, 0.25) is 5.03 Å². The Kier molecular flexibility index (Phi) is 5.28. The van der Waals surface area contributed by atoms with E-state index >= 15 is 0 Å². The Hall–Kier alpha value is -1.14. The minimum Gasteiger partial charge on any atom is -0.282 e. The summed E-state index contributed by atoms with van der Waals surface area (Å²) in [5.41, 5.74) is 1.31. The van der Waals surface area contributed by atoms with Crippen LogP contribution in [0.5, 0.6) is 0 Å².